The van der Waals surface area contributed by atoms with Gasteiger partial charge < -0.3 is 51.5 Å². The molecule has 2 aromatic rings. The smallest absolute Gasteiger partial charge is 0.246 e. The highest BCUT2D eigenvalue weighted by molar-refractivity contribution is 5.95. The third-order valence-electron chi connectivity index (χ3n) is 13.7. The van der Waals surface area contributed by atoms with E-state index in [1.807, 2.05) is 102 Å². The second-order valence-electron chi connectivity index (χ2n) is 21.4. The molecule has 72 heavy (non-hydrogen) atoms. The Kier molecular flexibility index (Phi) is 22.7. The summed E-state index contributed by atoms with van der Waals surface area (Å²) in [7, 11) is 3.33. The zero-order chi connectivity index (χ0) is 53.2. The fourth-order valence-electron chi connectivity index (χ4n) is 8.83. The zero-order valence-corrected chi connectivity index (χ0v) is 44.6. The first-order chi connectivity index (χ1) is 34.1. The molecule has 0 aliphatic carbocycles. The van der Waals surface area contributed by atoms with Crippen LogP contribution < -0.4 is 31.9 Å². The Hall–Kier alpha value is -5.88. The minimum Gasteiger partial charge on any atom is -0.354 e. The van der Waals surface area contributed by atoms with Crippen LogP contribution in [-0.2, 0) is 51.2 Å². The van der Waals surface area contributed by atoms with Gasteiger partial charge in [0.1, 0.15) is 24.2 Å². The van der Waals surface area contributed by atoms with Crippen LogP contribution in [0.4, 0.5) is 0 Å². The summed E-state index contributed by atoms with van der Waals surface area (Å²) in [6.45, 7) is 16.0. The van der Waals surface area contributed by atoms with Crippen molar-refractivity contribution in [1.29, 1.82) is 0 Å². The molecule has 398 valence electrons. The number of benzene rings is 2. The standard InChI is InChI=1S/C54H84N10O8/c1-37(55-9)47(67)59-45(53(3,4)5)51(71)63-33-31-61(35-41(63)49(69)57-29-27-39-21-15-13-16-22-39)43(65)25-19-11-12-20-26-44(66)62-32-34-64(52(72)46(54(6,7)8)60-48(68)38(2)56-10)42(36-62)50(70)58-30-28-40-23-17-14-18-24-40/h13-18,21-24,37-38,41-42,45-46,55-56H,11-12,19-20,25-36H2,1-10H3,(H,57,69)(H,58,70)(H,59,67)(H,60,68)/t37-,38-,41-,42-,45+,46+/m0/s1. The van der Waals surface area contributed by atoms with E-state index in [9.17, 15) is 38.4 Å². The number of amides is 8. The van der Waals surface area contributed by atoms with E-state index in [2.05, 4.69) is 31.9 Å². The highest BCUT2D eigenvalue weighted by Gasteiger charge is 2.45. The van der Waals surface area contributed by atoms with Gasteiger partial charge in [0, 0.05) is 52.1 Å². The number of piperazine rings is 2. The summed E-state index contributed by atoms with van der Waals surface area (Å²) in [4.78, 5) is 116. The minimum atomic E-state index is -0.964. The molecule has 2 saturated heterocycles. The normalized spacial score (nSPS) is 18.0. The van der Waals surface area contributed by atoms with E-state index in [4.69, 9.17) is 0 Å². The number of nitrogens with zero attached hydrogens (tertiary/aromatic N) is 4. The number of nitrogens with one attached hydrogen (secondary N) is 6. The second kappa shape index (κ2) is 27.8. The van der Waals surface area contributed by atoms with Crippen molar-refractivity contribution in [2.45, 2.75) is 143 Å². The van der Waals surface area contributed by atoms with Crippen molar-refractivity contribution >= 4 is 47.3 Å². The Morgan fingerprint density at radius 3 is 1.19 bits per heavy atom. The average molecular weight is 1000 g/mol. The highest BCUT2D eigenvalue weighted by Crippen LogP contribution is 2.26. The topological polar surface area (TPSA) is 222 Å². The summed E-state index contributed by atoms with van der Waals surface area (Å²) in [6.07, 6.45) is 4.12. The number of likely N-dealkylation sites (N-methyl/N-ethyl adjacent to an activating group) is 2. The van der Waals surface area contributed by atoms with Crippen molar-refractivity contribution in [1.82, 2.24) is 51.5 Å². The quantitative estimate of drug-likeness (QED) is 0.0894. The molecule has 0 bridgehead atoms. The molecule has 2 aliphatic rings. The van der Waals surface area contributed by atoms with Crippen molar-refractivity contribution < 1.29 is 38.4 Å². The lowest BCUT2D eigenvalue weighted by Crippen LogP contribution is -2.66. The van der Waals surface area contributed by atoms with Crippen LogP contribution in [0.2, 0.25) is 0 Å². The molecule has 6 N–H and O–H groups in total. The third-order valence-corrected chi connectivity index (χ3v) is 13.7. The molecular formula is C54H84N10O8. The fourth-order valence-corrected chi connectivity index (χ4v) is 8.83. The number of rotatable bonds is 23. The van der Waals surface area contributed by atoms with E-state index in [0.717, 1.165) is 11.1 Å². The lowest BCUT2D eigenvalue weighted by atomic mass is 9.85. The van der Waals surface area contributed by atoms with Crippen LogP contribution in [0.25, 0.3) is 0 Å². The highest BCUT2D eigenvalue weighted by atomic mass is 16.2. The van der Waals surface area contributed by atoms with E-state index < -0.39 is 47.1 Å². The molecule has 18 heteroatoms. The van der Waals surface area contributed by atoms with Crippen molar-refractivity contribution in [2.24, 2.45) is 10.8 Å². The van der Waals surface area contributed by atoms with Gasteiger partial charge in [-0.3, -0.25) is 38.4 Å². The molecule has 8 amide bonds. The third kappa shape index (κ3) is 17.4. The van der Waals surface area contributed by atoms with Crippen molar-refractivity contribution in [3.05, 3.63) is 71.8 Å². The van der Waals surface area contributed by atoms with Gasteiger partial charge in [0.2, 0.25) is 47.3 Å². The van der Waals surface area contributed by atoms with Gasteiger partial charge >= 0.3 is 0 Å². The Morgan fingerprint density at radius 2 is 0.875 bits per heavy atom. The lowest BCUT2D eigenvalue weighted by Gasteiger charge is -2.44. The van der Waals surface area contributed by atoms with Gasteiger partial charge in [-0.1, -0.05) is 115 Å². The second-order valence-corrected chi connectivity index (χ2v) is 21.4. The monoisotopic (exact) mass is 1000 g/mol. The molecule has 2 heterocycles. The van der Waals surface area contributed by atoms with E-state index in [-0.39, 0.29) is 99.4 Å². The van der Waals surface area contributed by atoms with Gasteiger partial charge in [0.25, 0.3) is 0 Å². The van der Waals surface area contributed by atoms with Crippen molar-refractivity contribution in [3.8, 4) is 0 Å². The number of hydrogen-bond acceptors (Lipinski definition) is 10. The van der Waals surface area contributed by atoms with Crippen LogP contribution in [-0.4, -0.2) is 170 Å². The summed E-state index contributed by atoms with van der Waals surface area (Å²) in [5, 5.41) is 17.6. The summed E-state index contributed by atoms with van der Waals surface area (Å²) in [5.41, 5.74) is 0.749. The average Bonchev–Trinajstić information content (AvgIpc) is 3.36. The summed E-state index contributed by atoms with van der Waals surface area (Å²) in [5.74, 6) is -2.44. The maximum absolute atomic E-state index is 14.3. The Bertz CT molecular complexity index is 1980. The minimum absolute atomic E-state index is 0.0138. The summed E-state index contributed by atoms with van der Waals surface area (Å²) < 4.78 is 0. The molecule has 0 unspecified atom stereocenters. The summed E-state index contributed by atoms with van der Waals surface area (Å²) in [6, 6.07) is 14.6. The first kappa shape index (κ1) is 58.7. The molecule has 0 radical (unpaired) electrons. The van der Waals surface area contributed by atoms with E-state index in [1.165, 1.54) is 9.80 Å². The van der Waals surface area contributed by atoms with Gasteiger partial charge in [-0.05, 0) is 75.6 Å². The Balaban J connectivity index is 1.35. The SMILES string of the molecule is CN[C@@H](C)C(=O)N[C@H](C(=O)N1CCN(C(=O)CCCCCCC(=O)N2CCN(C(=O)[C@@H](NC(=O)[C@H](C)NC)C(C)(C)C)[C@H](C(=O)NCCc3ccccc3)C2)C[C@H]1C(=O)NCCc1ccccc1)C(C)(C)C. The number of carbonyl (C=O) groups excluding carboxylic acids is 8. The fraction of sp³-hybridized carbons (Fsp3) is 0.630. The van der Waals surface area contributed by atoms with Gasteiger partial charge in [-0.2, -0.15) is 0 Å². The van der Waals surface area contributed by atoms with Crippen LogP contribution in [0, 0.1) is 10.8 Å². The molecule has 0 spiro atoms. The summed E-state index contributed by atoms with van der Waals surface area (Å²) >= 11 is 0. The molecule has 2 fully saturated rings. The Labute approximate surface area is 427 Å². The maximum Gasteiger partial charge on any atom is 0.246 e. The van der Waals surface area contributed by atoms with E-state index in [0.29, 0.717) is 51.6 Å². The van der Waals surface area contributed by atoms with Gasteiger partial charge in [-0.15, -0.1) is 0 Å². The molecule has 0 saturated carbocycles. The molecule has 2 aliphatic heterocycles. The van der Waals surface area contributed by atoms with Gasteiger partial charge in [0.05, 0.1) is 25.2 Å². The van der Waals surface area contributed by atoms with Gasteiger partial charge in [0.15, 0.2) is 0 Å². The first-order valence-electron chi connectivity index (χ1n) is 25.8. The van der Waals surface area contributed by atoms with Crippen LogP contribution in [0.15, 0.2) is 60.7 Å². The predicted octanol–water partition coefficient (Wildman–Crippen LogP) is 2.40. The zero-order valence-electron chi connectivity index (χ0n) is 44.6. The maximum atomic E-state index is 14.3. The molecule has 4 rings (SSSR count). The van der Waals surface area contributed by atoms with Crippen LogP contribution >= 0.6 is 0 Å². The van der Waals surface area contributed by atoms with Crippen LogP contribution in [0.3, 0.4) is 0 Å². The van der Waals surface area contributed by atoms with Crippen LogP contribution in [0.1, 0.15) is 105 Å². The van der Waals surface area contributed by atoms with Crippen LogP contribution in [0.5, 0.6) is 0 Å². The molecular weight excluding hydrogens is 917 g/mol. The van der Waals surface area contributed by atoms with Crippen molar-refractivity contribution in [3.63, 3.8) is 0 Å². The number of unbranched alkanes of at least 4 members (excludes halogenated alkanes) is 3. The van der Waals surface area contributed by atoms with E-state index >= 15 is 0 Å². The van der Waals surface area contributed by atoms with E-state index in [1.54, 1.807) is 37.7 Å². The molecule has 18 nitrogen and oxygen atoms in total. The van der Waals surface area contributed by atoms with Crippen molar-refractivity contribution in [2.75, 3.05) is 66.5 Å². The molecule has 0 aromatic heterocycles. The lowest BCUT2D eigenvalue weighted by molar-refractivity contribution is -0.152. The Morgan fingerprint density at radius 1 is 0.528 bits per heavy atom. The number of hydrogen-bond donors (Lipinski definition) is 6. The number of carbonyl (C=O) groups is 8. The first-order valence-corrected chi connectivity index (χ1v) is 25.8. The molecule has 2 aromatic carbocycles. The predicted molar refractivity (Wildman–Crippen MR) is 278 cm³/mol. The largest absolute Gasteiger partial charge is 0.354 e. The van der Waals surface area contributed by atoms with Gasteiger partial charge in [-0.25, -0.2) is 0 Å². The molecule has 6 atom stereocenters.